The fourth-order valence-corrected chi connectivity index (χ4v) is 4.95. The number of halogens is 3. The molecule has 166 valence electrons. The van der Waals surface area contributed by atoms with Crippen molar-refractivity contribution >= 4 is 5.91 Å². The summed E-state index contributed by atoms with van der Waals surface area (Å²) in [4.78, 5) is 17.8. The molecule has 0 aliphatic carbocycles. The number of nitrogens with zero attached hydrogens (tertiary/aromatic N) is 2. The maximum atomic E-state index is 13.4. The van der Waals surface area contributed by atoms with E-state index in [0.717, 1.165) is 31.8 Å². The van der Waals surface area contributed by atoms with E-state index in [2.05, 4.69) is 30.9 Å². The van der Waals surface area contributed by atoms with Gasteiger partial charge in [0, 0.05) is 18.5 Å². The number of carbonyl (C=O) groups excluding carboxylic acids is 1. The van der Waals surface area contributed by atoms with Gasteiger partial charge in [-0.25, -0.2) is 0 Å². The summed E-state index contributed by atoms with van der Waals surface area (Å²) >= 11 is 0. The lowest BCUT2D eigenvalue weighted by molar-refractivity contribution is -0.137. The van der Waals surface area contributed by atoms with Crippen molar-refractivity contribution < 1.29 is 18.0 Å². The first kappa shape index (κ1) is 21.9. The number of likely N-dealkylation sites (tertiary alicyclic amines) is 1. The molecule has 2 aromatic rings. The fraction of sp³-hybridized carbons (Fsp3) is 0.480. The highest BCUT2D eigenvalue weighted by Gasteiger charge is 2.40. The van der Waals surface area contributed by atoms with E-state index >= 15 is 0 Å². The summed E-state index contributed by atoms with van der Waals surface area (Å²) < 4.78 is 38.6. The zero-order valence-electron chi connectivity index (χ0n) is 18.1. The lowest BCUT2D eigenvalue weighted by Crippen LogP contribution is -2.51. The zero-order valence-corrected chi connectivity index (χ0v) is 18.1. The summed E-state index contributed by atoms with van der Waals surface area (Å²) in [5.74, 6) is -0.0356. The van der Waals surface area contributed by atoms with E-state index in [1.165, 1.54) is 36.1 Å². The molecule has 0 aromatic heterocycles. The predicted molar refractivity (Wildman–Crippen MR) is 115 cm³/mol. The molecule has 0 bridgehead atoms. The fourth-order valence-electron chi connectivity index (χ4n) is 4.95. The number of alkyl halides is 3. The van der Waals surface area contributed by atoms with Gasteiger partial charge < -0.3 is 9.80 Å². The van der Waals surface area contributed by atoms with Gasteiger partial charge in [-0.3, -0.25) is 4.79 Å². The van der Waals surface area contributed by atoms with Gasteiger partial charge >= 0.3 is 6.18 Å². The molecule has 0 spiro atoms. The van der Waals surface area contributed by atoms with E-state index in [-0.39, 0.29) is 23.8 Å². The van der Waals surface area contributed by atoms with Crippen LogP contribution in [0.5, 0.6) is 0 Å². The molecule has 0 N–H and O–H groups in total. The van der Waals surface area contributed by atoms with Crippen molar-refractivity contribution in [2.75, 3.05) is 26.2 Å². The molecule has 1 saturated heterocycles. The summed E-state index contributed by atoms with van der Waals surface area (Å²) in [6.45, 7) is 7.78. The maximum absolute atomic E-state index is 13.4. The second-order valence-electron chi connectivity index (χ2n) is 9.39. The third-order valence-corrected chi connectivity index (χ3v) is 6.58. The third-order valence-electron chi connectivity index (χ3n) is 6.58. The predicted octanol–water partition coefficient (Wildman–Crippen LogP) is 5.20. The summed E-state index contributed by atoms with van der Waals surface area (Å²) in [5.41, 5.74) is 2.19. The molecule has 2 aromatic carbocycles. The average molecular weight is 431 g/mol. The Kier molecular flexibility index (Phi) is 5.86. The van der Waals surface area contributed by atoms with Crippen LogP contribution >= 0.6 is 0 Å². The van der Waals surface area contributed by atoms with Crippen molar-refractivity contribution in [3.8, 4) is 0 Å². The summed E-state index contributed by atoms with van der Waals surface area (Å²) in [6.07, 6.45) is -1.91. The monoisotopic (exact) mass is 430 g/mol. The van der Waals surface area contributed by atoms with E-state index in [9.17, 15) is 18.0 Å². The number of hydrogen-bond donors (Lipinski definition) is 0. The molecule has 4 rings (SSSR count). The van der Waals surface area contributed by atoms with Crippen molar-refractivity contribution in [3.63, 3.8) is 0 Å². The summed E-state index contributed by atoms with van der Waals surface area (Å²) in [5, 5.41) is 0. The zero-order chi connectivity index (χ0) is 22.2. The van der Waals surface area contributed by atoms with Gasteiger partial charge in [-0.05, 0) is 54.8 Å². The molecule has 2 heterocycles. The Labute approximate surface area is 181 Å². The van der Waals surface area contributed by atoms with E-state index in [1.807, 2.05) is 17.0 Å². The quantitative estimate of drug-likeness (QED) is 0.665. The van der Waals surface area contributed by atoms with Crippen LogP contribution in [-0.2, 0) is 22.8 Å². The Bertz CT molecular complexity index is 931. The number of rotatable bonds is 4. The van der Waals surface area contributed by atoms with Gasteiger partial charge in [0.15, 0.2) is 0 Å². The molecule has 1 amide bonds. The van der Waals surface area contributed by atoms with Crippen molar-refractivity contribution in [1.82, 2.24) is 9.80 Å². The van der Waals surface area contributed by atoms with E-state index < -0.39 is 11.7 Å². The standard InChI is InChI=1S/C25H29F3N2O/c1-24(2)17-30(23(31)15-18-9-11-19(12-10-18)25(26,27)28)22(16-29-13-5-6-14-29)20-7-3-4-8-21(20)24/h3-4,7-12,22H,5-6,13-17H2,1-2H3. The normalized spacial score (nSPS) is 21.2. The average Bonchev–Trinajstić information content (AvgIpc) is 3.23. The van der Waals surface area contributed by atoms with Crippen molar-refractivity contribution in [2.24, 2.45) is 0 Å². The number of benzene rings is 2. The Hall–Kier alpha value is -2.34. The van der Waals surface area contributed by atoms with Crippen molar-refractivity contribution in [1.29, 1.82) is 0 Å². The highest BCUT2D eigenvalue weighted by molar-refractivity contribution is 5.80. The molecule has 1 atom stereocenters. The number of hydrogen-bond acceptors (Lipinski definition) is 2. The van der Waals surface area contributed by atoms with Crippen LogP contribution < -0.4 is 0 Å². The first-order valence-corrected chi connectivity index (χ1v) is 10.9. The molecule has 3 nitrogen and oxygen atoms in total. The van der Waals surface area contributed by atoms with Gasteiger partial charge in [-0.2, -0.15) is 13.2 Å². The van der Waals surface area contributed by atoms with E-state index in [1.54, 1.807) is 0 Å². The van der Waals surface area contributed by atoms with E-state index in [4.69, 9.17) is 0 Å². The van der Waals surface area contributed by atoms with Crippen LogP contribution in [0.1, 0.15) is 55.0 Å². The minimum Gasteiger partial charge on any atom is -0.333 e. The molecule has 2 aliphatic rings. The Morgan fingerprint density at radius 3 is 2.32 bits per heavy atom. The van der Waals surface area contributed by atoms with Gasteiger partial charge in [-0.1, -0.05) is 50.2 Å². The highest BCUT2D eigenvalue weighted by atomic mass is 19.4. The van der Waals surface area contributed by atoms with Gasteiger partial charge in [0.05, 0.1) is 18.0 Å². The molecule has 6 heteroatoms. The summed E-state index contributed by atoms with van der Waals surface area (Å²) in [7, 11) is 0. The van der Waals surface area contributed by atoms with Crippen LogP contribution in [0.3, 0.4) is 0 Å². The molecule has 0 radical (unpaired) electrons. The van der Waals surface area contributed by atoms with Gasteiger partial charge in [0.25, 0.3) is 0 Å². The Morgan fingerprint density at radius 2 is 1.68 bits per heavy atom. The van der Waals surface area contributed by atoms with Crippen LogP contribution in [-0.4, -0.2) is 41.9 Å². The molecule has 2 aliphatic heterocycles. The minimum atomic E-state index is -4.37. The van der Waals surface area contributed by atoms with Crippen LogP contribution in [0.15, 0.2) is 48.5 Å². The van der Waals surface area contributed by atoms with Crippen LogP contribution in [0, 0.1) is 0 Å². The Balaban J connectivity index is 1.60. The number of amides is 1. The van der Waals surface area contributed by atoms with Crippen molar-refractivity contribution in [3.05, 3.63) is 70.8 Å². The lowest BCUT2D eigenvalue weighted by atomic mass is 9.75. The topological polar surface area (TPSA) is 23.6 Å². The largest absolute Gasteiger partial charge is 0.416 e. The first-order chi connectivity index (χ1) is 14.6. The molecule has 1 unspecified atom stereocenters. The summed E-state index contributed by atoms with van der Waals surface area (Å²) in [6, 6.07) is 13.3. The van der Waals surface area contributed by atoms with Crippen LogP contribution in [0.4, 0.5) is 13.2 Å². The molecule has 31 heavy (non-hydrogen) atoms. The van der Waals surface area contributed by atoms with Crippen LogP contribution in [0.25, 0.3) is 0 Å². The van der Waals surface area contributed by atoms with Crippen molar-refractivity contribution in [2.45, 2.75) is 50.7 Å². The van der Waals surface area contributed by atoms with Crippen LogP contribution in [0.2, 0.25) is 0 Å². The first-order valence-electron chi connectivity index (χ1n) is 10.9. The number of carbonyl (C=O) groups is 1. The lowest BCUT2D eigenvalue weighted by Gasteiger charge is -2.46. The Morgan fingerprint density at radius 1 is 1.03 bits per heavy atom. The SMILES string of the molecule is CC1(C)CN(C(=O)Cc2ccc(C(F)(F)F)cc2)C(CN2CCCC2)c2ccccc21. The second kappa shape index (κ2) is 8.30. The second-order valence-corrected chi connectivity index (χ2v) is 9.39. The maximum Gasteiger partial charge on any atom is 0.416 e. The van der Waals surface area contributed by atoms with Gasteiger partial charge in [-0.15, -0.1) is 0 Å². The molecule has 1 fully saturated rings. The molecular formula is C25H29F3N2O. The van der Waals surface area contributed by atoms with Gasteiger partial charge in [0.1, 0.15) is 0 Å². The minimum absolute atomic E-state index is 0.0356. The third kappa shape index (κ3) is 4.64. The molecule has 0 saturated carbocycles. The highest BCUT2D eigenvalue weighted by Crippen LogP contribution is 2.40. The number of fused-ring (bicyclic) bond motifs is 1. The van der Waals surface area contributed by atoms with E-state index in [0.29, 0.717) is 12.1 Å². The smallest absolute Gasteiger partial charge is 0.333 e. The molecular weight excluding hydrogens is 401 g/mol. The van der Waals surface area contributed by atoms with Gasteiger partial charge in [0.2, 0.25) is 5.91 Å².